The Balaban J connectivity index is 1.90. The second-order valence-corrected chi connectivity index (χ2v) is 5.47. The lowest BCUT2D eigenvalue weighted by molar-refractivity contribution is 0.215. The van der Waals surface area contributed by atoms with E-state index in [1.165, 1.54) is 11.1 Å². The van der Waals surface area contributed by atoms with E-state index >= 15 is 0 Å². The molecule has 0 atom stereocenters. The quantitative estimate of drug-likeness (QED) is 0.640. The van der Waals surface area contributed by atoms with Crippen LogP contribution in [0.2, 0.25) is 0 Å². The average molecular weight is 285 g/mol. The van der Waals surface area contributed by atoms with E-state index in [2.05, 4.69) is 39.0 Å². The number of ether oxygens (including phenoxy) is 2. The third-order valence-corrected chi connectivity index (χ3v) is 3.26. The molecule has 0 saturated heterocycles. The Morgan fingerprint density at radius 1 is 1.00 bits per heavy atom. The highest BCUT2D eigenvalue weighted by atomic mass is 16.5. The van der Waals surface area contributed by atoms with Gasteiger partial charge in [-0.2, -0.15) is 0 Å². The Morgan fingerprint density at radius 3 is 2.48 bits per heavy atom. The van der Waals surface area contributed by atoms with Crippen LogP contribution in [0.1, 0.15) is 30.9 Å². The number of benzene rings is 2. The van der Waals surface area contributed by atoms with Crippen molar-refractivity contribution in [3.05, 3.63) is 53.6 Å². The molecule has 0 aliphatic rings. The maximum atomic E-state index is 5.87. The predicted octanol–water partition coefficient (Wildman–Crippen LogP) is 4.16. The summed E-state index contributed by atoms with van der Waals surface area (Å²) in [5, 5.41) is 0. The molecule has 0 unspecified atom stereocenters. The molecule has 21 heavy (non-hydrogen) atoms. The van der Waals surface area contributed by atoms with Crippen molar-refractivity contribution in [1.82, 2.24) is 0 Å². The highest BCUT2D eigenvalue weighted by Crippen LogP contribution is 2.27. The lowest BCUT2D eigenvalue weighted by Crippen LogP contribution is -2.10. The van der Waals surface area contributed by atoms with Gasteiger partial charge in [-0.25, -0.2) is 0 Å². The molecule has 0 aliphatic carbocycles. The summed E-state index contributed by atoms with van der Waals surface area (Å²) >= 11 is 0. The fourth-order valence-corrected chi connectivity index (χ4v) is 2.16. The van der Waals surface area contributed by atoms with Gasteiger partial charge >= 0.3 is 0 Å². The maximum absolute atomic E-state index is 5.87. The number of rotatable bonds is 6. The van der Waals surface area contributed by atoms with E-state index in [0.29, 0.717) is 24.8 Å². The summed E-state index contributed by atoms with van der Waals surface area (Å²) in [4.78, 5) is 0. The number of hydrogen-bond donors (Lipinski definition) is 1. The van der Waals surface area contributed by atoms with Gasteiger partial charge in [0.25, 0.3) is 0 Å². The summed E-state index contributed by atoms with van der Waals surface area (Å²) in [5.74, 6) is 2.16. The van der Waals surface area contributed by atoms with Crippen LogP contribution < -0.4 is 15.2 Å². The summed E-state index contributed by atoms with van der Waals surface area (Å²) in [6.45, 7) is 7.41. The van der Waals surface area contributed by atoms with Crippen molar-refractivity contribution in [3.8, 4) is 11.5 Å². The fourth-order valence-electron chi connectivity index (χ4n) is 2.16. The van der Waals surface area contributed by atoms with Crippen LogP contribution in [0.5, 0.6) is 11.5 Å². The van der Waals surface area contributed by atoms with Gasteiger partial charge in [-0.1, -0.05) is 32.0 Å². The molecule has 0 fully saturated rings. The Kier molecular flexibility index (Phi) is 5.09. The van der Waals surface area contributed by atoms with Crippen molar-refractivity contribution in [1.29, 1.82) is 0 Å². The van der Waals surface area contributed by atoms with Gasteiger partial charge < -0.3 is 15.2 Å². The lowest BCUT2D eigenvalue weighted by Gasteiger charge is -2.15. The summed E-state index contributed by atoms with van der Waals surface area (Å²) in [7, 11) is 0. The molecule has 0 spiro atoms. The van der Waals surface area contributed by atoms with Gasteiger partial charge in [0.15, 0.2) is 0 Å². The van der Waals surface area contributed by atoms with Crippen LogP contribution >= 0.6 is 0 Å². The van der Waals surface area contributed by atoms with Crippen LogP contribution in [0.3, 0.4) is 0 Å². The summed E-state index contributed by atoms with van der Waals surface area (Å²) in [6, 6.07) is 13.7. The van der Waals surface area contributed by atoms with Crippen LogP contribution in [-0.4, -0.2) is 13.2 Å². The molecule has 3 nitrogen and oxygen atoms in total. The van der Waals surface area contributed by atoms with Gasteiger partial charge in [0, 0.05) is 11.8 Å². The van der Waals surface area contributed by atoms with Crippen molar-refractivity contribution < 1.29 is 9.47 Å². The molecule has 2 aromatic rings. The Bertz CT molecular complexity index is 594. The minimum absolute atomic E-state index is 0.440. The Morgan fingerprint density at radius 2 is 1.76 bits per heavy atom. The van der Waals surface area contributed by atoms with Crippen LogP contribution in [0, 0.1) is 6.92 Å². The minimum Gasteiger partial charge on any atom is -0.490 e. The summed E-state index contributed by atoms with van der Waals surface area (Å²) in [6.07, 6.45) is 0. The van der Waals surface area contributed by atoms with E-state index in [0.717, 1.165) is 11.5 Å². The molecule has 0 bridgehead atoms. The standard InChI is InChI=1S/C18H23NO2/c1-13(2)17-8-7-14(3)11-18(17)21-10-9-20-16-6-4-5-15(19)12-16/h4-8,11-13H,9-10,19H2,1-3H3. The van der Waals surface area contributed by atoms with Gasteiger partial charge in [-0.05, 0) is 42.2 Å². The largest absolute Gasteiger partial charge is 0.490 e. The Hall–Kier alpha value is -2.16. The lowest BCUT2D eigenvalue weighted by atomic mass is 10.0. The number of aryl methyl sites for hydroxylation is 1. The minimum atomic E-state index is 0.440. The maximum Gasteiger partial charge on any atom is 0.123 e. The van der Waals surface area contributed by atoms with Crippen molar-refractivity contribution in [2.45, 2.75) is 26.7 Å². The second-order valence-electron chi connectivity index (χ2n) is 5.47. The number of anilines is 1. The highest BCUT2D eigenvalue weighted by molar-refractivity contribution is 5.43. The van der Waals surface area contributed by atoms with E-state index in [1.54, 1.807) is 0 Å². The van der Waals surface area contributed by atoms with Gasteiger partial charge in [0.2, 0.25) is 0 Å². The molecule has 0 amide bonds. The molecule has 0 aliphatic heterocycles. The molecule has 3 heteroatoms. The molecule has 0 radical (unpaired) electrons. The topological polar surface area (TPSA) is 44.5 Å². The van der Waals surface area contributed by atoms with E-state index in [9.17, 15) is 0 Å². The fraction of sp³-hybridized carbons (Fsp3) is 0.333. The van der Waals surface area contributed by atoms with Crippen LogP contribution in [0.25, 0.3) is 0 Å². The summed E-state index contributed by atoms with van der Waals surface area (Å²) < 4.78 is 11.5. The zero-order valence-electron chi connectivity index (χ0n) is 12.9. The first kappa shape index (κ1) is 15.2. The van der Waals surface area contributed by atoms with E-state index in [1.807, 2.05) is 24.3 Å². The zero-order valence-corrected chi connectivity index (χ0v) is 12.9. The first-order chi connectivity index (χ1) is 10.1. The van der Waals surface area contributed by atoms with Crippen molar-refractivity contribution in [2.75, 3.05) is 18.9 Å². The molecule has 0 aromatic heterocycles. The summed E-state index contributed by atoms with van der Waals surface area (Å²) in [5.41, 5.74) is 8.84. The predicted molar refractivity (Wildman–Crippen MR) is 87.1 cm³/mol. The SMILES string of the molecule is Cc1ccc(C(C)C)c(OCCOc2cccc(N)c2)c1. The van der Waals surface area contributed by atoms with Gasteiger partial charge in [0.05, 0.1) is 0 Å². The van der Waals surface area contributed by atoms with Crippen LogP contribution in [-0.2, 0) is 0 Å². The molecule has 0 heterocycles. The number of nitrogens with two attached hydrogens (primary N) is 1. The third kappa shape index (κ3) is 4.42. The molecule has 2 N–H and O–H groups in total. The van der Waals surface area contributed by atoms with Crippen molar-refractivity contribution in [2.24, 2.45) is 0 Å². The zero-order chi connectivity index (χ0) is 15.2. The van der Waals surface area contributed by atoms with Gasteiger partial charge in [0.1, 0.15) is 24.7 Å². The van der Waals surface area contributed by atoms with Crippen LogP contribution in [0.4, 0.5) is 5.69 Å². The first-order valence-corrected chi connectivity index (χ1v) is 7.28. The molecule has 0 saturated carbocycles. The van der Waals surface area contributed by atoms with Crippen LogP contribution in [0.15, 0.2) is 42.5 Å². The van der Waals surface area contributed by atoms with E-state index in [-0.39, 0.29) is 0 Å². The molecule has 2 rings (SSSR count). The third-order valence-electron chi connectivity index (χ3n) is 3.26. The monoisotopic (exact) mass is 285 g/mol. The van der Waals surface area contributed by atoms with E-state index in [4.69, 9.17) is 15.2 Å². The first-order valence-electron chi connectivity index (χ1n) is 7.28. The smallest absolute Gasteiger partial charge is 0.123 e. The second kappa shape index (κ2) is 7.02. The van der Waals surface area contributed by atoms with Crippen molar-refractivity contribution >= 4 is 5.69 Å². The molecule has 2 aromatic carbocycles. The molecular formula is C18H23NO2. The average Bonchev–Trinajstić information content (AvgIpc) is 2.43. The van der Waals surface area contributed by atoms with Crippen molar-refractivity contribution in [3.63, 3.8) is 0 Å². The Labute approximate surface area is 126 Å². The molecule has 112 valence electrons. The number of hydrogen-bond acceptors (Lipinski definition) is 3. The number of nitrogen functional groups attached to an aromatic ring is 1. The molecular weight excluding hydrogens is 262 g/mol. The highest BCUT2D eigenvalue weighted by Gasteiger charge is 2.08. The van der Waals surface area contributed by atoms with Gasteiger partial charge in [-0.3, -0.25) is 0 Å². The van der Waals surface area contributed by atoms with E-state index < -0.39 is 0 Å². The normalized spacial score (nSPS) is 10.7. The van der Waals surface area contributed by atoms with Gasteiger partial charge in [-0.15, -0.1) is 0 Å².